The molecule has 0 spiro atoms. The molecule has 0 saturated heterocycles. The summed E-state index contributed by atoms with van der Waals surface area (Å²) in [5.41, 5.74) is 4.84. The highest BCUT2D eigenvalue weighted by molar-refractivity contribution is 5.95. The molecule has 3 nitrogen and oxygen atoms in total. The number of aliphatic hydroxyl groups excluding tert-OH is 1. The fourth-order valence-electron chi connectivity index (χ4n) is 2.74. The van der Waals surface area contributed by atoms with E-state index in [9.17, 15) is 5.11 Å². The van der Waals surface area contributed by atoms with Crippen molar-refractivity contribution in [2.45, 2.75) is 6.23 Å². The second-order valence-corrected chi connectivity index (χ2v) is 5.15. The van der Waals surface area contributed by atoms with Crippen LogP contribution in [-0.4, -0.2) is 16.3 Å². The van der Waals surface area contributed by atoms with E-state index in [1.165, 1.54) is 0 Å². The van der Waals surface area contributed by atoms with Crippen LogP contribution in [0, 0.1) is 0 Å². The topological polar surface area (TPSA) is 45.1 Å². The molecule has 1 unspecified atom stereocenters. The summed E-state index contributed by atoms with van der Waals surface area (Å²) in [5.74, 6) is 0. The van der Waals surface area contributed by atoms with Gasteiger partial charge in [0.05, 0.1) is 5.52 Å². The van der Waals surface area contributed by atoms with Gasteiger partial charge in [0.15, 0.2) is 6.23 Å². The standard InChI is InChI=1S/C18H14N2O/c21-18-15(14-6-2-4-8-17(14)20-18)10-12-9-13-5-1-3-7-16(13)19-11-12/h1-11,18,20-21H. The van der Waals surface area contributed by atoms with Gasteiger partial charge in [0.1, 0.15) is 0 Å². The predicted octanol–water partition coefficient (Wildman–Crippen LogP) is 3.52. The molecular weight excluding hydrogens is 260 g/mol. The van der Waals surface area contributed by atoms with E-state index in [0.29, 0.717) is 0 Å². The molecule has 1 aliphatic heterocycles. The highest BCUT2D eigenvalue weighted by Crippen LogP contribution is 2.35. The summed E-state index contributed by atoms with van der Waals surface area (Å²) in [6.45, 7) is 0. The molecule has 0 amide bonds. The van der Waals surface area contributed by atoms with Crippen molar-refractivity contribution in [3.8, 4) is 0 Å². The van der Waals surface area contributed by atoms with Gasteiger partial charge in [-0.1, -0.05) is 36.4 Å². The zero-order valence-electron chi connectivity index (χ0n) is 11.3. The normalized spacial score (nSPS) is 18.7. The molecule has 1 atom stereocenters. The zero-order valence-corrected chi connectivity index (χ0v) is 11.3. The van der Waals surface area contributed by atoms with Crippen LogP contribution in [0.1, 0.15) is 11.1 Å². The summed E-state index contributed by atoms with van der Waals surface area (Å²) in [4.78, 5) is 4.46. The molecule has 102 valence electrons. The van der Waals surface area contributed by atoms with Crippen molar-refractivity contribution in [2.24, 2.45) is 0 Å². The van der Waals surface area contributed by atoms with Crippen LogP contribution in [0.4, 0.5) is 5.69 Å². The number of fused-ring (bicyclic) bond motifs is 2. The molecule has 0 saturated carbocycles. The van der Waals surface area contributed by atoms with Crippen LogP contribution >= 0.6 is 0 Å². The van der Waals surface area contributed by atoms with Crippen molar-refractivity contribution >= 4 is 28.2 Å². The van der Waals surface area contributed by atoms with E-state index in [1.807, 2.05) is 60.8 Å². The first-order valence-electron chi connectivity index (χ1n) is 6.92. The highest BCUT2D eigenvalue weighted by Gasteiger charge is 2.23. The van der Waals surface area contributed by atoms with Crippen molar-refractivity contribution in [3.63, 3.8) is 0 Å². The number of para-hydroxylation sites is 2. The quantitative estimate of drug-likeness (QED) is 0.713. The minimum absolute atomic E-state index is 0.672. The Morgan fingerprint density at radius 2 is 1.86 bits per heavy atom. The Balaban J connectivity index is 1.82. The number of aliphatic hydroxyl groups is 1. The average molecular weight is 274 g/mol. The van der Waals surface area contributed by atoms with Crippen LogP contribution in [0.5, 0.6) is 0 Å². The van der Waals surface area contributed by atoms with Gasteiger partial charge in [0.2, 0.25) is 0 Å². The van der Waals surface area contributed by atoms with Crippen molar-refractivity contribution in [2.75, 3.05) is 5.32 Å². The molecule has 21 heavy (non-hydrogen) atoms. The molecule has 1 aliphatic rings. The maximum Gasteiger partial charge on any atom is 0.151 e. The van der Waals surface area contributed by atoms with Crippen molar-refractivity contribution in [3.05, 3.63) is 71.9 Å². The van der Waals surface area contributed by atoms with E-state index < -0.39 is 6.23 Å². The Kier molecular flexibility index (Phi) is 2.72. The van der Waals surface area contributed by atoms with E-state index in [0.717, 1.165) is 33.3 Å². The van der Waals surface area contributed by atoms with Gasteiger partial charge >= 0.3 is 0 Å². The number of nitrogens with one attached hydrogen (secondary N) is 1. The number of pyridine rings is 1. The number of anilines is 1. The molecular formula is C18H14N2O. The molecule has 3 heteroatoms. The number of nitrogens with zero attached hydrogens (tertiary/aromatic N) is 1. The number of aromatic nitrogens is 1. The Labute approximate surface area is 122 Å². The first-order valence-corrected chi connectivity index (χ1v) is 6.92. The van der Waals surface area contributed by atoms with Gasteiger partial charge < -0.3 is 10.4 Å². The third-order valence-electron chi connectivity index (χ3n) is 3.76. The first kappa shape index (κ1) is 12.1. The van der Waals surface area contributed by atoms with E-state index in [1.54, 1.807) is 0 Å². The predicted molar refractivity (Wildman–Crippen MR) is 85.7 cm³/mol. The molecule has 4 rings (SSSR count). The fraction of sp³-hybridized carbons (Fsp3) is 0.0556. The third-order valence-corrected chi connectivity index (χ3v) is 3.76. The van der Waals surface area contributed by atoms with Crippen molar-refractivity contribution in [1.29, 1.82) is 0 Å². The van der Waals surface area contributed by atoms with Crippen LogP contribution in [0.15, 0.2) is 60.8 Å². The summed E-state index contributed by atoms with van der Waals surface area (Å²) in [6.07, 6.45) is 3.15. The van der Waals surface area contributed by atoms with Gasteiger partial charge in [0, 0.05) is 28.4 Å². The van der Waals surface area contributed by atoms with Crippen LogP contribution in [0.3, 0.4) is 0 Å². The highest BCUT2D eigenvalue weighted by atomic mass is 16.3. The number of hydrogen-bond donors (Lipinski definition) is 2. The molecule has 3 aromatic rings. The minimum atomic E-state index is -0.672. The van der Waals surface area contributed by atoms with Gasteiger partial charge in [0.25, 0.3) is 0 Å². The average Bonchev–Trinajstić information content (AvgIpc) is 2.83. The lowest BCUT2D eigenvalue weighted by Crippen LogP contribution is -2.12. The van der Waals surface area contributed by atoms with E-state index in [4.69, 9.17) is 0 Å². The number of hydrogen-bond acceptors (Lipinski definition) is 3. The Morgan fingerprint density at radius 1 is 1.05 bits per heavy atom. The second kappa shape index (κ2) is 4.72. The summed E-state index contributed by atoms with van der Waals surface area (Å²) in [5, 5.41) is 14.4. The molecule has 0 fully saturated rings. The lowest BCUT2D eigenvalue weighted by atomic mass is 10.0. The van der Waals surface area contributed by atoms with Crippen LogP contribution in [-0.2, 0) is 0 Å². The molecule has 2 heterocycles. The molecule has 2 aromatic carbocycles. The van der Waals surface area contributed by atoms with Crippen molar-refractivity contribution in [1.82, 2.24) is 4.98 Å². The summed E-state index contributed by atoms with van der Waals surface area (Å²) in [6, 6.07) is 18.0. The first-order chi connectivity index (χ1) is 10.3. The summed E-state index contributed by atoms with van der Waals surface area (Å²) < 4.78 is 0. The Bertz CT molecular complexity index is 854. The summed E-state index contributed by atoms with van der Waals surface area (Å²) >= 11 is 0. The van der Waals surface area contributed by atoms with Gasteiger partial charge in [-0.25, -0.2) is 0 Å². The molecule has 1 aromatic heterocycles. The van der Waals surface area contributed by atoms with Gasteiger partial charge in [-0.15, -0.1) is 0 Å². The zero-order chi connectivity index (χ0) is 14.2. The molecule has 0 aliphatic carbocycles. The van der Waals surface area contributed by atoms with Crippen LogP contribution in [0.2, 0.25) is 0 Å². The van der Waals surface area contributed by atoms with E-state index >= 15 is 0 Å². The number of rotatable bonds is 1. The number of benzene rings is 2. The minimum Gasteiger partial charge on any atom is -0.369 e. The van der Waals surface area contributed by atoms with Crippen molar-refractivity contribution < 1.29 is 5.11 Å². The molecule has 0 radical (unpaired) electrons. The monoisotopic (exact) mass is 274 g/mol. The lowest BCUT2D eigenvalue weighted by molar-refractivity contribution is 0.266. The van der Waals surface area contributed by atoms with E-state index in [2.05, 4.69) is 16.4 Å². The van der Waals surface area contributed by atoms with Crippen LogP contribution in [0.25, 0.3) is 22.6 Å². The second-order valence-electron chi connectivity index (χ2n) is 5.15. The van der Waals surface area contributed by atoms with Gasteiger partial charge in [-0.05, 0) is 29.8 Å². The summed E-state index contributed by atoms with van der Waals surface area (Å²) in [7, 11) is 0. The SMILES string of the molecule is OC1Nc2ccccc2C1=Cc1cnc2ccccc2c1. The Hall–Kier alpha value is -2.65. The molecule has 2 N–H and O–H groups in total. The fourth-order valence-corrected chi connectivity index (χ4v) is 2.74. The molecule has 0 bridgehead atoms. The van der Waals surface area contributed by atoms with Gasteiger partial charge in [-0.2, -0.15) is 0 Å². The lowest BCUT2D eigenvalue weighted by Gasteiger charge is -2.06. The third kappa shape index (κ3) is 2.08. The Morgan fingerprint density at radius 3 is 2.81 bits per heavy atom. The smallest absolute Gasteiger partial charge is 0.151 e. The largest absolute Gasteiger partial charge is 0.369 e. The van der Waals surface area contributed by atoms with Gasteiger partial charge in [-0.3, -0.25) is 4.98 Å². The maximum atomic E-state index is 10.2. The van der Waals surface area contributed by atoms with E-state index in [-0.39, 0.29) is 0 Å². The maximum absolute atomic E-state index is 10.2. The van der Waals surface area contributed by atoms with Crippen LogP contribution < -0.4 is 5.32 Å².